The normalized spacial score (nSPS) is 18.9. The van der Waals surface area contributed by atoms with Gasteiger partial charge in [0.05, 0.1) is 10.6 Å². The second-order valence-electron chi connectivity index (χ2n) is 3.89. The fourth-order valence-corrected chi connectivity index (χ4v) is 2.03. The molecule has 1 atom stereocenters. The third-order valence-electron chi connectivity index (χ3n) is 2.90. The SMILES string of the molecule is C/C(=N\N)C1C(=O)c2cccc([N+](=O)[O-])c2C1=O. The third-order valence-corrected chi connectivity index (χ3v) is 2.90. The molecule has 0 aromatic heterocycles. The summed E-state index contributed by atoms with van der Waals surface area (Å²) >= 11 is 0. The molecule has 1 unspecified atom stereocenters. The van der Waals surface area contributed by atoms with Crippen molar-refractivity contribution in [3.63, 3.8) is 0 Å². The molecule has 0 saturated carbocycles. The van der Waals surface area contributed by atoms with Crippen molar-refractivity contribution in [1.82, 2.24) is 0 Å². The predicted molar refractivity (Wildman–Crippen MR) is 62.5 cm³/mol. The maximum absolute atomic E-state index is 12.1. The Morgan fingerprint density at radius 3 is 2.61 bits per heavy atom. The van der Waals surface area contributed by atoms with Crippen molar-refractivity contribution < 1.29 is 14.5 Å². The van der Waals surface area contributed by atoms with E-state index < -0.39 is 22.4 Å². The Bertz CT molecular complexity index is 606. The molecule has 1 aromatic carbocycles. The zero-order valence-electron chi connectivity index (χ0n) is 9.41. The van der Waals surface area contributed by atoms with Crippen LogP contribution in [0.5, 0.6) is 0 Å². The molecule has 1 aliphatic rings. The molecule has 7 heteroatoms. The van der Waals surface area contributed by atoms with E-state index in [1.54, 1.807) is 0 Å². The second-order valence-corrected chi connectivity index (χ2v) is 3.89. The van der Waals surface area contributed by atoms with Crippen molar-refractivity contribution in [1.29, 1.82) is 0 Å². The van der Waals surface area contributed by atoms with Crippen molar-refractivity contribution in [2.24, 2.45) is 16.9 Å². The third kappa shape index (κ3) is 1.48. The molecular weight excluding hydrogens is 238 g/mol. The van der Waals surface area contributed by atoms with E-state index >= 15 is 0 Å². The molecule has 0 heterocycles. The summed E-state index contributed by atoms with van der Waals surface area (Å²) in [6.45, 7) is 1.44. The Balaban J connectivity index is 2.66. The number of benzene rings is 1. The largest absolute Gasteiger partial charge is 0.323 e. The summed E-state index contributed by atoms with van der Waals surface area (Å²) in [4.78, 5) is 34.2. The fraction of sp³-hybridized carbons (Fsp3) is 0.182. The number of carbonyl (C=O) groups excluding carboxylic acids is 2. The second kappa shape index (κ2) is 4.02. The summed E-state index contributed by atoms with van der Waals surface area (Å²) in [5, 5.41) is 14.2. The highest BCUT2D eigenvalue weighted by atomic mass is 16.6. The van der Waals surface area contributed by atoms with Gasteiger partial charge in [-0.25, -0.2) is 0 Å². The first-order valence-corrected chi connectivity index (χ1v) is 5.09. The number of nitrogens with two attached hydrogens (primary N) is 1. The first kappa shape index (κ1) is 11.9. The maximum atomic E-state index is 12.1. The van der Waals surface area contributed by atoms with Crippen LogP contribution in [0, 0.1) is 16.0 Å². The summed E-state index contributed by atoms with van der Waals surface area (Å²) in [5.74, 6) is 2.81. The lowest BCUT2D eigenvalue weighted by atomic mass is 9.99. The summed E-state index contributed by atoms with van der Waals surface area (Å²) in [5.41, 5.74) is -0.309. The van der Waals surface area contributed by atoms with Crippen molar-refractivity contribution in [3.05, 3.63) is 39.4 Å². The van der Waals surface area contributed by atoms with Gasteiger partial charge in [0, 0.05) is 11.6 Å². The van der Waals surface area contributed by atoms with Gasteiger partial charge in [0.2, 0.25) is 0 Å². The number of rotatable bonds is 2. The highest BCUT2D eigenvalue weighted by molar-refractivity contribution is 6.37. The van der Waals surface area contributed by atoms with Crippen LogP contribution in [0.4, 0.5) is 5.69 Å². The molecule has 0 radical (unpaired) electrons. The van der Waals surface area contributed by atoms with Gasteiger partial charge in [-0.15, -0.1) is 0 Å². The Hall–Kier alpha value is -2.57. The monoisotopic (exact) mass is 247 g/mol. The average molecular weight is 247 g/mol. The Kier molecular flexibility index (Phi) is 2.66. The average Bonchev–Trinajstić information content (AvgIpc) is 2.61. The number of nitro benzene ring substituents is 1. The van der Waals surface area contributed by atoms with E-state index in [2.05, 4.69) is 5.10 Å². The zero-order chi connectivity index (χ0) is 13.4. The van der Waals surface area contributed by atoms with Crippen molar-refractivity contribution in [3.8, 4) is 0 Å². The van der Waals surface area contributed by atoms with E-state index in [9.17, 15) is 19.7 Å². The number of fused-ring (bicyclic) bond motifs is 1. The molecule has 1 aliphatic carbocycles. The van der Waals surface area contributed by atoms with Crippen LogP contribution in [0.1, 0.15) is 27.6 Å². The number of hydrogen-bond acceptors (Lipinski definition) is 6. The topological polar surface area (TPSA) is 116 Å². The Labute approximate surface area is 101 Å². The molecule has 2 rings (SSSR count). The van der Waals surface area contributed by atoms with Gasteiger partial charge in [0.1, 0.15) is 11.5 Å². The lowest BCUT2D eigenvalue weighted by Crippen LogP contribution is -2.24. The molecule has 0 saturated heterocycles. The van der Waals surface area contributed by atoms with Crippen molar-refractivity contribution >= 4 is 23.0 Å². The molecular formula is C11H9N3O4. The van der Waals surface area contributed by atoms with Gasteiger partial charge >= 0.3 is 0 Å². The zero-order valence-corrected chi connectivity index (χ0v) is 9.41. The van der Waals surface area contributed by atoms with Crippen molar-refractivity contribution in [2.45, 2.75) is 6.92 Å². The van der Waals surface area contributed by atoms with Gasteiger partial charge < -0.3 is 5.84 Å². The number of hydrogen-bond donors (Lipinski definition) is 1. The first-order valence-electron chi connectivity index (χ1n) is 5.09. The minimum Gasteiger partial charge on any atom is -0.323 e. The summed E-state index contributed by atoms with van der Waals surface area (Å²) < 4.78 is 0. The van der Waals surface area contributed by atoms with Gasteiger partial charge in [-0.05, 0) is 6.92 Å². The minimum atomic E-state index is -1.13. The van der Waals surface area contributed by atoms with Crippen LogP contribution in [0.25, 0.3) is 0 Å². The van der Waals surface area contributed by atoms with Crippen LogP contribution >= 0.6 is 0 Å². The number of nitrogens with zero attached hydrogens (tertiary/aromatic N) is 2. The van der Waals surface area contributed by atoms with Gasteiger partial charge in [0.25, 0.3) is 5.69 Å². The number of hydrazone groups is 1. The van der Waals surface area contributed by atoms with E-state index in [4.69, 9.17) is 5.84 Å². The summed E-state index contributed by atoms with van der Waals surface area (Å²) in [7, 11) is 0. The summed E-state index contributed by atoms with van der Waals surface area (Å²) in [6.07, 6.45) is 0. The van der Waals surface area contributed by atoms with Crippen LogP contribution in [-0.4, -0.2) is 22.2 Å². The quantitative estimate of drug-likeness (QED) is 0.274. The van der Waals surface area contributed by atoms with Gasteiger partial charge in [-0.3, -0.25) is 19.7 Å². The number of nitro groups is 1. The van der Waals surface area contributed by atoms with E-state index in [0.717, 1.165) is 0 Å². The van der Waals surface area contributed by atoms with Crippen LogP contribution in [-0.2, 0) is 0 Å². The van der Waals surface area contributed by atoms with Crippen LogP contribution in [0.15, 0.2) is 23.3 Å². The lowest BCUT2D eigenvalue weighted by molar-refractivity contribution is -0.385. The van der Waals surface area contributed by atoms with E-state index in [0.29, 0.717) is 0 Å². The maximum Gasteiger partial charge on any atom is 0.280 e. The van der Waals surface area contributed by atoms with Crippen molar-refractivity contribution in [2.75, 3.05) is 0 Å². The summed E-state index contributed by atoms with van der Waals surface area (Å²) in [6, 6.07) is 3.97. The number of carbonyl (C=O) groups is 2. The van der Waals surface area contributed by atoms with Gasteiger partial charge in [-0.1, -0.05) is 12.1 Å². The van der Waals surface area contributed by atoms with Crippen LogP contribution in [0.3, 0.4) is 0 Å². The molecule has 7 nitrogen and oxygen atoms in total. The number of Topliss-reactive ketones (excluding diaryl/α,β-unsaturated/α-hetero) is 2. The fourth-order valence-electron chi connectivity index (χ4n) is 2.03. The minimum absolute atomic E-state index is 0.0576. The standard InChI is InChI=1S/C11H9N3O4/c1-5(13-12)8-10(15)6-3-2-4-7(14(17)18)9(6)11(8)16/h2-4,8H,12H2,1H3/b13-5+. The molecule has 2 N–H and O–H groups in total. The first-order chi connectivity index (χ1) is 8.49. The van der Waals surface area contributed by atoms with Gasteiger partial charge in [0.15, 0.2) is 11.6 Å². The highest BCUT2D eigenvalue weighted by Gasteiger charge is 2.44. The molecule has 0 fully saturated rings. The number of ketones is 2. The molecule has 92 valence electrons. The molecule has 0 aliphatic heterocycles. The van der Waals surface area contributed by atoms with E-state index in [1.165, 1.54) is 25.1 Å². The molecule has 18 heavy (non-hydrogen) atoms. The van der Waals surface area contributed by atoms with Crippen LogP contribution in [0.2, 0.25) is 0 Å². The molecule has 0 amide bonds. The Morgan fingerprint density at radius 1 is 1.39 bits per heavy atom. The van der Waals surface area contributed by atoms with E-state index in [1.807, 2.05) is 0 Å². The molecule has 0 bridgehead atoms. The lowest BCUT2D eigenvalue weighted by Gasteiger charge is -2.03. The predicted octanol–water partition coefficient (Wildman–Crippen LogP) is 0.925. The van der Waals surface area contributed by atoms with Gasteiger partial charge in [-0.2, -0.15) is 5.10 Å². The van der Waals surface area contributed by atoms with Crippen LogP contribution < -0.4 is 5.84 Å². The molecule has 0 spiro atoms. The molecule has 1 aromatic rings. The Morgan fingerprint density at radius 2 is 2.06 bits per heavy atom. The van der Waals surface area contributed by atoms with E-state index in [-0.39, 0.29) is 22.5 Å². The smallest absolute Gasteiger partial charge is 0.280 e. The highest BCUT2D eigenvalue weighted by Crippen LogP contribution is 2.33.